The lowest BCUT2D eigenvalue weighted by molar-refractivity contribution is -0.135. The number of nitrogens with zero attached hydrogens (tertiary/aromatic N) is 1. The second-order valence-electron chi connectivity index (χ2n) is 7.06. The van der Waals surface area contributed by atoms with Crippen molar-refractivity contribution in [2.45, 2.75) is 40.0 Å². The summed E-state index contributed by atoms with van der Waals surface area (Å²) in [5.74, 6) is -0.766. The molecule has 0 heterocycles. The normalized spacial score (nSPS) is 16.4. The molecule has 1 aromatic carbocycles. The van der Waals surface area contributed by atoms with Crippen LogP contribution in [0, 0.1) is 16.6 Å². The summed E-state index contributed by atoms with van der Waals surface area (Å²) in [6, 6.07) is 6.13. The van der Waals surface area contributed by atoms with Gasteiger partial charge in [-0.2, -0.15) is 0 Å². The maximum Gasteiger partial charge on any atom is 0.240 e. The Morgan fingerprint density at radius 1 is 1.24 bits per heavy atom. The molecule has 1 aromatic rings. The number of Topliss-reactive ketones (excluding diaryl/α,β-unsaturated/α-hetero) is 1. The van der Waals surface area contributed by atoms with Crippen LogP contribution in [0.25, 0.3) is 0 Å². The third-order valence-electron chi connectivity index (χ3n) is 3.90. The third kappa shape index (κ3) is 3.14. The number of benzene rings is 1. The number of para-hydroxylation sites is 1. The van der Waals surface area contributed by atoms with Crippen LogP contribution in [0.5, 0.6) is 0 Å². The van der Waals surface area contributed by atoms with Crippen LogP contribution in [0.15, 0.2) is 24.3 Å². The first kappa shape index (κ1) is 15.7. The molecule has 0 aromatic heterocycles. The zero-order valence-electron chi connectivity index (χ0n) is 13.1. The molecule has 0 atom stereocenters. The zero-order valence-corrected chi connectivity index (χ0v) is 13.1. The van der Waals surface area contributed by atoms with Crippen LogP contribution < -0.4 is 4.90 Å². The lowest BCUT2D eigenvalue weighted by Crippen LogP contribution is -2.40. The summed E-state index contributed by atoms with van der Waals surface area (Å²) in [6.45, 7) is 5.93. The fourth-order valence-corrected chi connectivity index (χ4v) is 2.54. The van der Waals surface area contributed by atoms with Gasteiger partial charge in [0.1, 0.15) is 17.0 Å². The first-order valence-corrected chi connectivity index (χ1v) is 7.23. The molecule has 2 rings (SSSR count). The lowest BCUT2D eigenvalue weighted by atomic mass is 9.83. The third-order valence-corrected chi connectivity index (χ3v) is 3.90. The molecule has 1 aliphatic carbocycles. The first-order chi connectivity index (χ1) is 9.67. The van der Waals surface area contributed by atoms with Crippen molar-refractivity contribution in [1.82, 2.24) is 0 Å². The average molecular weight is 291 g/mol. The van der Waals surface area contributed by atoms with Gasteiger partial charge in [0.2, 0.25) is 5.91 Å². The van der Waals surface area contributed by atoms with Gasteiger partial charge in [0.05, 0.1) is 5.69 Å². The maximum atomic E-state index is 13.8. The number of hydrogen-bond donors (Lipinski definition) is 0. The van der Waals surface area contributed by atoms with Crippen LogP contribution in [0.2, 0.25) is 0 Å². The van der Waals surface area contributed by atoms with Crippen molar-refractivity contribution in [2.24, 2.45) is 10.8 Å². The van der Waals surface area contributed by atoms with Gasteiger partial charge in [-0.1, -0.05) is 32.9 Å². The van der Waals surface area contributed by atoms with E-state index in [1.165, 1.54) is 18.0 Å². The largest absolute Gasteiger partial charge is 0.312 e. The number of amides is 1. The lowest BCUT2D eigenvalue weighted by Gasteiger charge is -2.25. The molecule has 1 fully saturated rings. The molecule has 0 saturated heterocycles. The van der Waals surface area contributed by atoms with Crippen LogP contribution in [-0.4, -0.2) is 18.7 Å². The molecule has 114 valence electrons. The highest BCUT2D eigenvalue weighted by Gasteiger charge is 2.57. The number of carbonyl (C=O) groups is 2. The number of ketones is 1. The topological polar surface area (TPSA) is 37.4 Å². The number of hydrogen-bond acceptors (Lipinski definition) is 2. The molecule has 1 amide bonds. The van der Waals surface area contributed by atoms with Gasteiger partial charge in [0.25, 0.3) is 0 Å². The second-order valence-corrected chi connectivity index (χ2v) is 7.06. The van der Waals surface area contributed by atoms with Crippen molar-refractivity contribution in [3.05, 3.63) is 30.1 Å². The Balaban J connectivity index is 2.20. The highest BCUT2D eigenvalue weighted by Crippen LogP contribution is 2.50. The van der Waals surface area contributed by atoms with Crippen LogP contribution in [0.4, 0.5) is 10.1 Å². The van der Waals surface area contributed by atoms with E-state index >= 15 is 0 Å². The molecule has 1 saturated carbocycles. The second kappa shape index (κ2) is 5.24. The SMILES string of the molecule is CN(C(=O)C1(C(=O)CC(C)(C)C)CC1)c1ccccc1F. The van der Waals surface area contributed by atoms with Gasteiger partial charge >= 0.3 is 0 Å². The maximum absolute atomic E-state index is 13.8. The molecule has 1 aliphatic rings. The van der Waals surface area contributed by atoms with E-state index in [9.17, 15) is 14.0 Å². The van der Waals surface area contributed by atoms with Gasteiger partial charge in [0.15, 0.2) is 0 Å². The fraction of sp³-hybridized carbons (Fsp3) is 0.529. The summed E-state index contributed by atoms with van der Waals surface area (Å²) in [5, 5.41) is 0. The summed E-state index contributed by atoms with van der Waals surface area (Å²) in [5.41, 5.74) is -0.856. The number of anilines is 1. The molecule has 0 N–H and O–H groups in total. The van der Waals surface area contributed by atoms with Crippen LogP contribution in [-0.2, 0) is 9.59 Å². The molecule has 0 aliphatic heterocycles. The Hall–Kier alpha value is -1.71. The fourth-order valence-electron chi connectivity index (χ4n) is 2.54. The summed E-state index contributed by atoms with van der Waals surface area (Å²) in [4.78, 5) is 26.4. The molecule has 3 nitrogen and oxygen atoms in total. The van der Waals surface area contributed by atoms with E-state index in [1.54, 1.807) is 18.2 Å². The van der Waals surface area contributed by atoms with E-state index in [1.807, 2.05) is 20.8 Å². The standard InChI is InChI=1S/C17H22FNO2/c1-16(2,3)11-14(20)17(9-10-17)15(21)19(4)13-8-6-5-7-12(13)18/h5-8H,9-11H2,1-4H3. The summed E-state index contributed by atoms with van der Waals surface area (Å²) >= 11 is 0. The van der Waals surface area contributed by atoms with E-state index in [2.05, 4.69) is 0 Å². The molecule has 0 unspecified atom stereocenters. The Morgan fingerprint density at radius 3 is 2.29 bits per heavy atom. The van der Waals surface area contributed by atoms with E-state index in [0.29, 0.717) is 19.3 Å². The smallest absolute Gasteiger partial charge is 0.240 e. The van der Waals surface area contributed by atoms with Crippen LogP contribution >= 0.6 is 0 Å². The van der Waals surface area contributed by atoms with E-state index < -0.39 is 11.2 Å². The van der Waals surface area contributed by atoms with Crippen LogP contribution in [0.3, 0.4) is 0 Å². The summed E-state index contributed by atoms with van der Waals surface area (Å²) in [7, 11) is 1.53. The molecular formula is C17H22FNO2. The Kier molecular flexibility index (Phi) is 3.91. The molecule has 0 bridgehead atoms. The predicted octanol–water partition coefficient (Wildman–Crippen LogP) is 3.57. The average Bonchev–Trinajstić information content (AvgIpc) is 3.17. The van der Waals surface area contributed by atoms with Crippen molar-refractivity contribution >= 4 is 17.4 Å². The number of carbonyl (C=O) groups excluding carboxylic acids is 2. The molecule has 0 spiro atoms. The highest BCUT2D eigenvalue weighted by molar-refractivity contribution is 6.14. The van der Waals surface area contributed by atoms with Gasteiger partial charge in [0, 0.05) is 13.5 Å². The monoisotopic (exact) mass is 291 g/mol. The summed E-state index contributed by atoms with van der Waals surface area (Å²) in [6.07, 6.45) is 1.50. The quantitative estimate of drug-likeness (QED) is 0.795. The zero-order chi connectivity index (χ0) is 15.8. The number of halogens is 1. The minimum absolute atomic E-state index is 0.0248. The van der Waals surface area contributed by atoms with Gasteiger partial charge in [-0.3, -0.25) is 9.59 Å². The highest BCUT2D eigenvalue weighted by atomic mass is 19.1. The van der Waals surface area contributed by atoms with Crippen molar-refractivity contribution in [2.75, 3.05) is 11.9 Å². The Labute approximate surface area is 125 Å². The Bertz CT molecular complexity index is 570. The van der Waals surface area contributed by atoms with E-state index in [4.69, 9.17) is 0 Å². The van der Waals surface area contributed by atoms with Gasteiger partial charge < -0.3 is 4.90 Å². The minimum Gasteiger partial charge on any atom is -0.312 e. The summed E-state index contributed by atoms with van der Waals surface area (Å²) < 4.78 is 13.8. The van der Waals surface area contributed by atoms with Crippen molar-refractivity contribution < 1.29 is 14.0 Å². The molecular weight excluding hydrogens is 269 g/mol. The van der Waals surface area contributed by atoms with Gasteiger partial charge in [-0.05, 0) is 30.4 Å². The van der Waals surface area contributed by atoms with E-state index in [0.717, 1.165) is 0 Å². The van der Waals surface area contributed by atoms with Gasteiger partial charge in [-0.15, -0.1) is 0 Å². The van der Waals surface area contributed by atoms with Crippen molar-refractivity contribution in [1.29, 1.82) is 0 Å². The predicted molar refractivity (Wildman–Crippen MR) is 80.6 cm³/mol. The minimum atomic E-state index is -0.926. The van der Waals surface area contributed by atoms with Gasteiger partial charge in [-0.25, -0.2) is 4.39 Å². The Morgan fingerprint density at radius 2 is 1.81 bits per heavy atom. The van der Waals surface area contributed by atoms with E-state index in [-0.39, 0.29) is 22.8 Å². The molecule has 0 radical (unpaired) electrons. The molecule has 4 heteroatoms. The van der Waals surface area contributed by atoms with Crippen LogP contribution in [0.1, 0.15) is 40.0 Å². The number of rotatable bonds is 4. The molecule has 21 heavy (non-hydrogen) atoms. The first-order valence-electron chi connectivity index (χ1n) is 7.23. The van der Waals surface area contributed by atoms with Crippen molar-refractivity contribution in [3.63, 3.8) is 0 Å². The van der Waals surface area contributed by atoms with Crippen molar-refractivity contribution in [3.8, 4) is 0 Å².